The number of nitrogens with zero attached hydrogens (tertiary/aromatic N) is 2. The van der Waals surface area contributed by atoms with Gasteiger partial charge in [-0.25, -0.2) is 8.78 Å². The van der Waals surface area contributed by atoms with E-state index < -0.39 is 11.3 Å². The summed E-state index contributed by atoms with van der Waals surface area (Å²) < 4.78 is 27.7. The first-order valence-corrected chi connectivity index (χ1v) is 9.97. The van der Waals surface area contributed by atoms with Crippen molar-refractivity contribution in [2.24, 2.45) is 0 Å². The molecular formula is C22H20ClF2N3O2. The van der Waals surface area contributed by atoms with Crippen LogP contribution in [0, 0.1) is 6.92 Å². The number of Topliss-reactive ketones (excluding diaryl/α,β-unsaturated/α-hetero) is 1. The van der Waals surface area contributed by atoms with Gasteiger partial charge in [0.1, 0.15) is 5.69 Å². The molecule has 156 valence electrons. The zero-order valence-corrected chi connectivity index (χ0v) is 17.5. The lowest BCUT2D eigenvalue weighted by Gasteiger charge is -2.25. The van der Waals surface area contributed by atoms with E-state index in [0.29, 0.717) is 34.6 Å². The van der Waals surface area contributed by atoms with Crippen LogP contribution in [0.1, 0.15) is 55.0 Å². The molecule has 5 nitrogen and oxygen atoms in total. The molecule has 3 aromatic rings. The Bertz CT molecular complexity index is 1260. The second kappa shape index (κ2) is 6.94. The quantitative estimate of drug-likeness (QED) is 0.576. The summed E-state index contributed by atoms with van der Waals surface area (Å²) >= 11 is 6.48. The highest BCUT2D eigenvalue weighted by Crippen LogP contribution is 2.50. The molecule has 3 heterocycles. The number of carbonyl (C=O) groups is 1. The zero-order chi connectivity index (χ0) is 21.8. The fourth-order valence-corrected chi connectivity index (χ4v) is 4.68. The fraction of sp³-hybridized carbons (Fsp3) is 0.364. The number of rotatable bonds is 3. The standard InChI is InChI=1S/C22H20ClF2N3O2/c1-11-13(8-14(23)20(27-11)21(3)5-6-22(24,25)10-21)16-9-17(30)18-15(28-16)4-7-26-19(18)12(2)29/h4,7-9H,5-6,10H2,1-3H3,(H,28,30)/t21-/m0/s1. The highest BCUT2D eigenvalue weighted by molar-refractivity contribution is 6.31. The monoisotopic (exact) mass is 431 g/mol. The first-order chi connectivity index (χ1) is 14.0. The molecule has 1 atom stereocenters. The minimum Gasteiger partial charge on any atom is -0.354 e. The van der Waals surface area contributed by atoms with Crippen molar-refractivity contribution in [3.8, 4) is 11.3 Å². The van der Waals surface area contributed by atoms with Crippen LogP contribution in [0.2, 0.25) is 5.02 Å². The molecule has 0 aromatic carbocycles. The van der Waals surface area contributed by atoms with Crippen LogP contribution in [-0.4, -0.2) is 26.7 Å². The molecule has 3 aromatic heterocycles. The summed E-state index contributed by atoms with van der Waals surface area (Å²) in [5.74, 6) is -3.02. The van der Waals surface area contributed by atoms with E-state index >= 15 is 0 Å². The summed E-state index contributed by atoms with van der Waals surface area (Å²) in [4.78, 5) is 36.3. The van der Waals surface area contributed by atoms with Gasteiger partial charge in [0.05, 0.1) is 27.3 Å². The fourth-order valence-electron chi connectivity index (χ4n) is 4.30. The average molecular weight is 432 g/mol. The Morgan fingerprint density at radius 1 is 1.27 bits per heavy atom. The lowest BCUT2D eigenvalue weighted by atomic mass is 9.84. The zero-order valence-electron chi connectivity index (χ0n) is 16.8. The van der Waals surface area contributed by atoms with Crippen LogP contribution in [0.15, 0.2) is 29.2 Å². The number of hydrogen-bond donors (Lipinski definition) is 1. The van der Waals surface area contributed by atoms with Gasteiger partial charge in [-0.3, -0.25) is 19.6 Å². The number of H-pyrrole nitrogens is 1. The second-order valence-corrected chi connectivity index (χ2v) is 8.64. The number of halogens is 3. The van der Waals surface area contributed by atoms with Crippen LogP contribution in [0.3, 0.4) is 0 Å². The number of aromatic nitrogens is 3. The predicted octanol–water partition coefficient (Wildman–Crippen LogP) is 5.23. The maximum Gasteiger partial charge on any atom is 0.249 e. The van der Waals surface area contributed by atoms with Gasteiger partial charge in [0.25, 0.3) is 0 Å². The molecule has 8 heteroatoms. The second-order valence-electron chi connectivity index (χ2n) is 8.23. The van der Waals surface area contributed by atoms with Crippen LogP contribution >= 0.6 is 11.6 Å². The van der Waals surface area contributed by atoms with E-state index in [-0.39, 0.29) is 40.2 Å². The Morgan fingerprint density at radius 3 is 2.63 bits per heavy atom. The van der Waals surface area contributed by atoms with Crippen LogP contribution in [0.5, 0.6) is 0 Å². The van der Waals surface area contributed by atoms with Crippen molar-refractivity contribution in [3.63, 3.8) is 0 Å². The van der Waals surface area contributed by atoms with Crippen molar-refractivity contribution in [2.45, 2.75) is 51.4 Å². The van der Waals surface area contributed by atoms with Crippen LogP contribution in [-0.2, 0) is 5.41 Å². The number of aryl methyl sites for hydroxylation is 1. The van der Waals surface area contributed by atoms with E-state index in [0.717, 1.165) is 0 Å². The summed E-state index contributed by atoms with van der Waals surface area (Å²) in [6.07, 6.45) is 1.28. The molecule has 30 heavy (non-hydrogen) atoms. The molecule has 0 aliphatic heterocycles. The van der Waals surface area contributed by atoms with Crippen LogP contribution in [0.25, 0.3) is 22.2 Å². The van der Waals surface area contributed by atoms with Gasteiger partial charge in [0.2, 0.25) is 5.92 Å². The van der Waals surface area contributed by atoms with E-state index in [1.165, 1.54) is 19.2 Å². The molecule has 1 saturated carbocycles. The molecule has 0 bridgehead atoms. The van der Waals surface area contributed by atoms with E-state index in [1.807, 2.05) is 0 Å². The summed E-state index contributed by atoms with van der Waals surface area (Å²) in [7, 11) is 0. The molecule has 0 saturated heterocycles. The molecule has 0 unspecified atom stereocenters. The van der Waals surface area contributed by atoms with Crippen molar-refractivity contribution < 1.29 is 13.6 Å². The van der Waals surface area contributed by atoms with Crippen molar-refractivity contribution >= 4 is 28.3 Å². The molecule has 1 N–H and O–H groups in total. The van der Waals surface area contributed by atoms with Gasteiger partial charge in [-0.05, 0) is 25.5 Å². The van der Waals surface area contributed by atoms with Gasteiger partial charge in [0, 0.05) is 48.7 Å². The van der Waals surface area contributed by atoms with E-state index in [2.05, 4.69) is 15.0 Å². The first-order valence-electron chi connectivity index (χ1n) is 9.60. The maximum absolute atomic E-state index is 13.8. The summed E-state index contributed by atoms with van der Waals surface area (Å²) in [5.41, 5.74) is 1.53. The number of pyridine rings is 3. The van der Waals surface area contributed by atoms with Gasteiger partial charge >= 0.3 is 0 Å². The smallest absolute Gasteiger partial charge is 0.249 e. The van der Waals surface area contributed by atoms with Crippen LogP contribution < -0.4 is 5.43 Å². The third-order valence-electron chi connectivity index (χ3n) is 5.80. The largest absolute Gasteiger partial charge is 0.354 e. The summed E-state index contributed by atoms with van der Waals surface area (Å²) in [6.45, 7) is 4.87. The van der Waals surface area contributed by atoms with Gasteiger partial charge < -0.3 is 4.98 Å². The topological polar surface area (TPSA) is 75.7 Å². The van der Waals surface area contributed by atoms with Gasteiger partial charge in [-0.15, -0.1) is 0 Å². The molecule has 0 amide bonds. The predicted molar refractivity (Wildman–Crippen MR) is 111 cm³/mol. The Kier molecular flexibility index (Phi) is 4.77. The minimum absolute atomic E-state index is 0.110. The van der Waals surface area contributed by atoms with E-state index in [1.54, 1.807) is 26.0 Å². The molecule has 0 spiro atoms. The summed E-state index contributed by atoms with van der Waals surface area (Å²) in [6, 6.07) is 4.65. The highest BCUT2D eigenvalue weighted by atomic mass is 35.5. The Balaban J connectivity index is 1.84. The molecule has 4 rings (SSSR count). The molecule has 1 fully saturated rings. The van der Waals surface area contributed by atoms with Crippen molar-refractivity contribution in [1.82, 2.24) is 15.0 Å². The number of fused-ring (bicyclic) bond motifs is 1. The SMILES string of the molecule is CC(=O)c1nccc2[nH]c(-c3cc(Cl)c([C@@]4(C)CCC(F)(F)C4)nc3C)cc(=O)c12. The van der Waals surface area contributed by atoms with Gasteiger partial charge in [0.15, 0.2) is 11.2 Å². The van der Waals surface area contributed by atoms with Crippen LogP contribution in [0.4, 0.5) is 8.78 Å². The Hall–Kier alpha value is -2.67. The van der Waals surface area contributed by atoms with Crippen molar-refractivity contribution in [3.05, 3.63) is 56.7 Å². The summed E-state index contributed by atoms with van der Waals surface area (Å²) in [5, 5.41) is 0.513. The maximum atomic E-state index is 13.8. The number of alkyl halides is 2. The van der Waals surface area contributed by atoms with E-state index in [9.17, 15) is 18.4 Å². The average Bonchev–Trinajstić information content (AvgIpc) is 2.96. The first kappa shape index (κ1) is 20.6. The number of ketones is 1. The molecular weight excluding hydrogens is 412 g/mol. The van der Waals surface area contributed by atoms with Gasteiger partial charge in [-0.1, -0.05) is 18.5 Å². The lowest BCUT2D eigenvalue weighted by Crippen LogP contribution is -2.23. The molecule has 1 aliphatic carbocycles. The third kappa shape index (κ3) is 3.41. The van der Waals surface area contributed by atoms with Crippen molar-refractivity contribution in [2.75, 3.05) is 0 Å². The highest BCUT2D eigenvalue weighted by Gasteiger charge is 2.49. The number of carbonyl (C=O) groups excluding carboxylic acids is 1. The van der Waals surface area contributed by atoms with Gasteiger partial charge in [-0.2, -0.15) is 0 Å². The normalized spacial score (nSPS) is 20.6. The Morgan fingerprint density at radius 2 is 2.00 bits per heavy atom. The Labute approximate surface area is 176 Å². The number of hydrogen-bond acceptors (Lipinski definition) is 4. The number of aromatic amines is 1. The molecule has 0 radical (unpaired) electrons. The van der Waals surface area contributed by atoms with Crippen molar-refractivity contribution in [1.29, 1.82) is 0 Å². The molecule has 1 aliphatic rings. The lowest BCUT2D eigenvalue weighted by molar-refractivity contribution is 0.00334. The third-order valence-corrected chi connectivity index (χ3v) is 6.08. The number of nitrogens with one attached hydrogen (secondary N) is 1. The minimum atomic E-state index is -2.72. The van der Waals surface area contributed by atoms with E-state index in [4.69, 9.17) is 11.6 Å².